The summed E-state index contributed by atoms with van der Waals surface area (Å²) in [5, 5.41) is 12.8. The van der Waals surface area contributed by atoms with E-state index in [2.05, 4.69) is 10.0 Å². The third kappa shape index (κ3) is 5.66. The van der Waals surface area contributed by atoms with E-state index < -0.39 is 40.1 Å². The topological polar surface area (TPSA) is 122 Å². The summed E-state index contributed by atoms with van der Waals surface area (Å²) < 4.78 is 31.9. The van der Waals surface area contributed by atoms with Gasteiger partial charge in [0.1, 0.15) is 6.04 Å². The molecule has 10 heteroatoms. The van der Waals surface area contributed by atoms with Crippen molar-refractivity contribution in [3.8, 4) is 0 Å². The van der Waals surface area contributed by atoms with Crippen LogP contribution in [0.2, 0.25) is 5.02 Å². The molecular formula is C16H21ClN2O6S. The molecule has 1 aliphatic carbocycles. The number of aliphatic hydroxyl groups is 1. The largest absolute Gasteiger partial charge is 0.451 e. The molecule has 1 fully saturated rings. The number of hydrogen-bond donors (Lipinski definition) is 3. The normalized spacial score (nSPS) is 17.8. The summed E-state index contributed by atoms with van der Waals surface area (Å²) in [6.07, 6.45) is -0.722. The number of amides is 1. The lowest BCUT2D eigenvalue weighted by atomic mass is 10.2. The van der Waals surface area contributed by atoms with Gasteiger partial charge in [-0.15, -0.1) is 0 Å². The van der Waals surface area contributed by atoms with Gasteiger partial charge in [0.15, 0.2) is 6.10 Å². The van der Waals surface area contributed by atoms with E-state index in [1.165, 1.54) is 38.1 Å². The number of ether oxygens (including phenoxy) is 1. The van der Waals surface area contributed by atoms with E-state index in [0.717, 1.165) is 12.8 Å². The number of sulfonamides is 1. The Morgan fingerprint density at radius 3 is 2.31 bits per heavy atom. The summed E-state index contributed by atoms with van der Waals surface area (Å²) in [5.74, 6) is -1.51. The lowest BCUT2D eigenvalue weighted by Crippen LogP contribution is -2.50. The van der Waals surface area contributed by atoms with Gasteiger partial charge in [-0.1, -0.05) is 11.6 Å². The zero-order valence-electron chi connectivity index (χ0n) is 14.3. The van der Waals surface area contributed by atoms with Crippen LogP contribution in [0.5, 0.6) is 0 Å². The molecule has 0 aromatic heterocycles. The highest BCUT2D eigenvalue weighted by Gasteiger charge is 2.34. The first-order valence-corrected chi connectivity index (χ1v) is 9.93. The van der Waals surface area contributed by atoms with Crippen molar-refractivity contribution in [1.29, 1.82) is 0 Å². The molecule has 0 saturated heterocycles. The van der Waals surface area contributed by atoms with Crippen LogP contribution in [0.1, 0.15) is 26.7 Å². The molecule has 0 bridgehead atoms. The van der Waals surface area contributed by atoms with Gasteiger partial charge in [-0.25, -0.2) is 8.42 Å². The van der Waals surface area contributed by atoms with Gasteiger partial charge in [-0.2, -0.15) is 4.72 Å². The van der Waals surface area contributed by atoms with Crippen LogP contribution in [0.15, 0.2) is 29.2 Å². The van der Waals surface area contributed by atoms with Crippen LogP contribution in [0, 0.1) is 0 Å². The van der Waals surface area contributed by atoms with Crippen LogP contribution in [0.3, 0.4) is 0 Å². The van der Waals surface area contributed by atoms with Gasteiger partial charge in [0.2, 0.25) is 10.0 Å². The SMILES string of the molecule is C[C@H](OC(=O)[C@H](NS(=O)(=O)c1ccc(Cl)cc1)[C@@H](C)O)C(=O)NC1CC1. The van der Waals surface area contributed by atoms with Crippen molar-refractivity contribution >= 4 is 33.5 Å². The summed E-state index contributed by atoms with van der Waals surface area (Å²) in [4.78, 5) is 24.0. The number of hydrogen-bond acceptors (Lipinski definition) is 6. The number of carbonyl (C=O) groups is 2. The number of halogens is 1. The van der Waals surface area contributed by atoms with Gasteiger partial charge in [0.05, 0.1) is 11.0 Å². The van der Waals surface area contributed by atoms with Crippen molar-refractivity contribution < 1.29 is 27.9 Å². The molecule has 0 aliphatic heterocycles. The Morgan fingerprint density at radius 2 is 1.81 bits per heavy atom. The minimum Gasteiger partial charge on any atom is -0.451 e. The van der Waals surface area contributed by atoms with E-state index in [1.807, 2.05) is 0 Å². The quantitative estimate of drug-likeness (QED) is 0.545. The van der Waals surface area contributed by atoms with E-state index in [0.29, 0.717) is 5.02 Å². The molecule has 1 amide bonds. The van der Waals surface area contributed by atoms with Crippen molar-refractivity contribution in [3.05, 3.63) is 29.3 Å². The van der Waals surface area contributed by atoms with Gasteiger partial charge in [0.25, 0.3) is 5.91 Å². The third-order valence-electron chi connectivity index (χ3n) is 3.73. The second kappa shape index (κ2) is 8.34. The molecule has 144 valence electrons. The lowest BCUT2D eigenvalue weighted by molar-refractivity contribution is -0.158. The average molecular weight is 405 g/mol. The first kappa shape index (κ1) is 20.6. The predicted molar refractivity (Wildman–Crippen MR) is 94.0 cm³/mol. The summed E-state index contributed by atoms with van der Waals surface area (Å²) >= 11 is 5.73. The molecule has 2 rings (SSSR count). The van der Waals surface area contributed by atoms with Crippen LogP contribution in [-0.2, 0) is 24.3 Å². The molecule has 0 spiro atoms. The molecule has 0 radical (unpaired) electrons. The average Bonchev–Trinajstić information content (AvgIpc) is 3.36. The molecular weight excluding hydrogens is 384 g/mol. The summed E-state index contributed by atoms with van der Waals surface area (Å²) in [5.41, 5.74) is 0. The fourth-order valence-corrected chi connectivity index (χ4v) is 3.42. The first-order chi connectivity index (χ1) is 12.1. The minimum absolute atomic E-state index is 0.0969. The smallest absolute Gasteiger partial charge is 0.327 e. The maximum Gasteiger partial charge on any atom is 0.327 e. The van der Waals surface area contributed by atoms with Crippen LogP contribution in [-0.4, -0.2) is 49.7 Å². The van der Waals surface area contributed by atoms with Crippen LogP contribution in [0.25, 0.3) is 0 Å². The monoisotopic (exact) mass is 404 g/mol. The van der Waals surface area contributed by atoms with E-state index in [4.69, 9.17) is 16.3 Å². The zero-order chi connectivity index (χ0) is 19.5. The Kier molecular flexibility index (Phi) is 6.62. The molecule has 3 N–H and O–H groups in total. The molecule has 1 aromatic carbocycles. The highest BCUT2D eigenvalue weighted by atomic mass is 35.5. The Labute approximate surface area is 156 Å². The molecule has 1 aromatic rings. The maximum atomic E-state index is 12.4. The Hall–Kier alpha value is -1.68. The summed E-state index contributed by atoms with van der Waals surface area (Å²) in [6.45, 7) is 2.62. The Morgan fingerprint density at radius 1 is 1.23 bits per heavy atom. The molecule has 1 saturated carbocycles. The lowest BCUT2D eigenvalue weighted by Gasteiger charge is -2.22. The number of nitrogens with one attached hydrogen (secondary N) is 2. The number of benzene rings is 1. The third-order valence-corrected chi connectivity index (χ3v) is 5.44. The number of esters is 1. The van der Waals surface area contributed by atoms with Crippen LogP contribution < -0.4 is 10.0 Å². The predicted octanol–water partition coefficient (Wildman–Crippen LogP) is 0.578. The molecule has 3 atom stereocenters. The van der Waals surface area contributed by atoms with Crippen molar-refractivity contribution in [2.24, 2.45) is 0 Å². The fourth-order valence-electron chi connectivity index (χ4n) is 2.04. The van der Waals surface area contributed by atoms with Crippen molar-refractivity contribution in [3.63, 3.8) is 0 Å². The van der Waals surface area contributed by atoms with Gasteiger partial charge in [-0.05, 0) is 51.0 Å². The molecule has 1 aliphatic rings. The van der Waals surface area contributed by atoms with Gasteiger partial charge < -0.3 is 15.2 Å². The molecule has 0 heterocycles. The van der Waals surface area contributed by atoms with Crippen LogP contribution >= 0.6 is 11.6 Å². The first-order valence-electron chi connectivity index (χ1n) is 8.07. The second-order valence-electron chi connectivity index (χ2n) is 6.16. The van der Waals surface area contributed by atoms with Crippen molar-refractivity contribution in [1.82, 2.24) is 10.0 Å². The summed E-state index contributed by atoms with van der Waals surface area (Å²) in [6, 6.07) is 3.83. The van der Waals surface area contributed by atoms with Gasteiger partial charge >= 0.3 is 5.97 Å². The zero-order valence-corrected chi connectivity index (χ0v) is 15.9. The molecule has 26 heavy (non-hydrogen) atoms. The Bertz CT molecular complexity index is 761. The van der Waals surface area contributed by atoms with Crippen LogP contribution in [0.4, 0.5) is 0 Å². The van der Waals surface area contributed by atoms with Crippen molar-refractivity contribution in [2.45, 2.75) is 55.9 Å². The van der Waals surface area contributed by atoms with Crippen molar-refractivity contribution in [2.75, 3.05) is 0 Å². The van der Waals surface area contributed by atoms with E-state index >= 15 is 0 Å². The van der Waals surface area contributed by atoms with E-state index in [1.54, 1.807) is 0 Å². The van der Waals surface area contributed by atoms with E-state index in [-0.39, 0.29) is 10.9 Å². The number of carbonyl (C=O) groups excluding carboxylic acids is 2. The Balaban J connectivity index is 2.05. The highest BCUT2D eigenvalue weighted by Crippen LogP contribution is 2.19. The number of rotatable bonds is 8. The molecule has 8 nitrogen and oxygen atoms in total. The maximum absolute atomic E-state index is 12.4. The molecule has 0 unspecified atom stereocenters. The standard InChI is InChI=1S/C16H21ClN2O6S/c1-9(20)14(16(22)25-10(2)15(21)18-12-5-6-12)19-26(23,24)13-7-3-11(17)4-8-13/h3-4,7-10,12,14,19-20H,5-6H2,1-2H3,(H,18,21)/t9-,10+,14-/m1/s1. The fraction of sp³-hybridized carbons (Fsp3) is 0.500. The number of aliphatic hydroxyl groups excluding tert-OH is 1. The van der Waals surface area contributed by atoms with Gasteiger partial charge in [-0.3, -0.25) is 9.59 Å². The summed E-state index contributed by atoms with van der Waals surface area (Å²) in [7, 11) is -4.10. The van der Waals surface area contributed by atoms with Gasteiger partial charge in [0, 0.05) is 11.1 Å². The minimum atomic E-state index is -4.10. The highest BCUT2D eigenvalue weighted by molar-refractivity contribution is 7.89. The van der Waals surface area contributed by atoms with E-state index in [9.17, 15) is 23.1 Å². The second-order valence-corrected chi connectivity index (χ2v) is 8.31.